The first-order chi connectivity index (χ1) is 18.0. The van der Waals surface area contributed by atoms with Gasteiger partial charge in [0.15, 0.2) is 0 Å². The van der Waals surface area contributed by atoms with Crippen LogP contribution in [0.25, 0.3) is 0 Å². The molecule has 0 aromatic heterocycles. The summed E-state index contributed by atoms with van der Waals surface area (Å²) < 4.78 is 10.0. The van der Waals surface area contributed by atoms with E-state index >= 15 is 0 Å². The number of nitrogens with one attached hydrogen (secondary N) is 1. The first-order valence-electron chi connectivity index (χ1n) is 12.5. The van der Waals surface area contributed by atoms with E-state index in [1.165, 1.54) is 0 Å². The molecule has 1 N–H and O–H groups in total. The van der Waals surface area contributed by atoms with Gasteiger partial charge in [0.05, 0.1) is 0 Å². The van der Waals surface area contributed by atoms with Gasteiger partial charge in [0, 0.05) is 25.9 Å². The third-order valence-electron chi connectivity index (χ3n) is 5.49. The van der Waals surface area contributed by atoms with Gasteiger partial charge in [0.1, 0.15) is 25.1 Å². The minimum Gasteiger partial charge on any atom is -0.460 e. The summed E-state index contributed by atoms with van der Waals surface area (Å²) in [4.78, 5) is 45.8. The van der Waals surface area contributed by atoms with Crippen molar-refractivity contribution >= 4 is 39.7 Å². The van der Waals surface area contributed by atoms with E-state index in [9.17, 15) is 19.2 Å². The predicted molar refractivity (Wildman–Crippen MR) is 144 cm³/mol. The molecule has 0 aliphatic carbocycles. The summed E-state index contributed by atoms with van der Waals surface area (Å²) in [5.74, 6) is -0.308. The van der Waals surface area contributed by atoms with E-state index in [1.807, 2.05) is 60.7 Å². The summed E-state index contributed by atoms with van der Waals surface area (Å²) >= 11 is 3.01. The molecule has 0 bridgehead atoms. The average Bonchev–Trinajstić information content (AvgIpc) is 2.94. The zero-order chi connectivity index (χ0) is 26.7. The molecule has 0 saturated carbocycles. The number of halogens is 1. The maximum Gasteiger partial charge on any atom is 0.325 e. The van der Waals surface area contributed by atoms with Crippen molar-refractivity contribution in [2.45, 2.75) is 51.7 Å². The van der Waals surface area contributed by atoms with E-state index in [0.29, 0.717) is 19.6 Å². The molecule has 200 valence electrons. The molecule has 2 fully saturated rings. The molecule has 2 aliphatic heterocycles. The van der Waals surface area contributed by atoms with E-state index in [1.54, 1.807) is 4.90 Å². The highest BCUT2D eigenvalue weighted by atomic mass is 79.9. The Hall–Kier alpha value is -3.20. The van der Waals surface area contributed by atoms with Crippen LogP contribution >= 0.6 is 15.9 Å². The summed E-state index contributed by atoms with van der Waals surface area (Å²) in [5, 5.41) is 2.99. The molecule has 2 aromatic rings. The number of benzene rings is 2. The minimum atomic E-state index is -0.339. The van der Waals surface area contributed by atoms with Gasteiger partial charge in [-0.05, 0) is 36.8 Å². The first-order valence-corrected chi connectivity index (χ1v) is 13.6. The topological polar surface area (TPSA) is 102 Å². The Bertz CT molecular complexity index is 963. The van der Waals surface area contributed by atoms with Gasteiger partial charge in [-0.1, -0.05) is 76.6 Å². The molecular formula is C28H35BrN2O6. The standard InChI is InChI=1S/C14H17NO3.C9H9BrO2.C5H9NO/c16-13-8-4-5-9-15(13)10-14(17)18-11-12-6-2-1-3-7-12;10-6-9(11)12-7-8-4-2-1-3-5-8;7-5-3-1-2-4-6-5/h1-3,6-7H,4-5,8-11H2;1-5H,6-7H2;1-4H2,(H,6,7). The van der Waals surface area contributed by atoms with Crippen molar-refractivity contribution < 1.29 is 28.7 Å². The lowest BCUT2D eigenvalue weighted by atomic mass is 10.1. The molecule has 2 aliphatic rings. The van der Waals surface area contributed by atoms with Crippen LogP contribution in [0.3, 0.4) is 0 Å². The van der Waals surface area contributed by atoms with Gasteiger partial charge < -0.3 is 19.7 Å². The van der Waals surface area contributed by atoms with Crippen LogP contribution < -0.4 is 5.32 Å². The van der Waals surface area contributed by atoms with Crippen molar-refractivity contribution in [3.05, 3.63) is 71.8 Å². The monoisotopic (exact) mass is 574 g/mol. The van der Waals surface area contributed by atoms with Crippen LogP contribution in [0.5, 0.6) is 0 Å². The maximum atomic E-state index is 11.6. The molecule has 0 atom stereocenters. The van der Waals surface area contributed by atoms with Crippen LogP contribution in [-0.4, -0.2) is 53.6 Å². The molecule has 2 saturated heterocycles. The summed E-state index contributed by atoms with van der Waals surface area (Å²) in [7, 11) is 0. The zero-order valence-corrected chi connectivity index (χ0v) is 22.6. The predicted octanol–water partition coefficient (Wildman–Crippen LogP) is 4.15. The Morgan fingerprint density at radius 1 is 0.784 bits per heavy atom. The van der Waals surface area contributed by atoms with Crippen molar-refractivity contribution in [1.82, 2.24) is 10.2 Å². The van der Waals surface area contributed by atoms with Crippen molar-refractivity contribution in [2.75, 3.05) is 25.0 Å². The molecule has 2 aromatic carbocycles. The Morgan fingerprint density at radius 2 is 1.35 bits per heavy atom. The van der Waals surface area contributed by atoms with E-state index in [0.717, 1.165) is 49.8 Å². The molecule has 2 amide bonds. The molecule has 0 radical (unpaired) electrons. The molecule has 37 heavy (non-hydrogen) atoms. The lowest BCUT2D eigenvalue weighted by Gasteiger charge is -2.25. The lowest BCUT2D eigenvalue weighted by Crippen LogP contribution is -2.39. The molecule has 2 heterocycles. The van der Waals surface area contributed by atoms with E-state index in [-0.39, 0.29) is 42.2 Å². The molecule has 8 nitrogen and oxygen atoms in total. The van der Waals surface area contributed by atoms with Gasteiger partial charge >= 0.3 is 11.9 Å². The second kappa shape index (κ2) is 18.1. The fraction of sp³-hybridized carbons (Fsp3) is 0.429. The number of carbonyl (C=O) groups is 4. The van der Waals surface area contributed by atoms with Crippen LogP contribution in [0.2, 0.25) is 0 Å². The number of amides is 2. The zero-order valence-electron chi connectivity index (χ0n) is 21.0. The number of likely N-dealkylation sites (tertiary alicyclic amines) is 1. The van der Waals surface area contributed by atoms with Crippen molar-refractivity contribution in [3.63, 3.8) is 0 Å². The third-order valence-corrected chi connectivity index (χ3v) is 5.95. The Kier molecular flexibility index (Phi) is 14.7. The van der Waals surface area contributed by atoms with Crippen LogP contribution in [0.15, 0.2) is 60.7 Å². The third kappa shape index (κ3) is 13.6. The number of rotatable bonds is 7. The average molecular weight is 576 g/mol. The second-order valence-corrected chi connectivity index (χ2v) is 9.07. The van der Waals surface area contributed by atoms with Crippen LogP contribution in [0.4, 0.5) is 0 Å². The highest BCUT2D eigenvalue weighted by Crippen LogP contribution is 2.10. The molecule has 9 heteroatoms. The largest absolute Gasteiger partial charge is 0.460 e. The van der Waals surface area contributed by atoms with Gasteiger partial charge in [0.25, 0.3) is 0 Å². The fourth-order valence-corrected chi connectivity index (χ4v) is 3.63. The van der Waals surface area contributed by atoms with Crippen LogP contribution in [0.1, 0.15) is 49.7 Å². The van der Waals surface area contributed by atoms with E-state index < -0.39 is 0 Å². The molecule has 0 unspecified atom stereocenters. The van der Waals surface area contributed by atoms with Crippen molar-refractivity contribution in [2.24, 2.45) is 0 Å². The smallest absolute Gasteiger partial charge is 0.325 e. The quantitative estimate of drug-likeness (QED) is 0.393. The van der Waals surface area contributed by atoms with Crippen molar-refractivity contribution in [3.8, 4) is 0 Å². The van der Waals surface area contributed by atoms with E-state index in [2.05, 4.69) is 21.2 Å². The van der Waals surface area contributed by atoms with E-state index in [4.69, 9.17) is 9.47 Å². The van der Waals surface area contributed by atoms with Gasteiger partial charge in [-0.25, -0.2) is 0 Å². The number of ether oxygens (including phenoxy) is 2. The lowest BCUT2D eigenvalue weighted by molar-refractivity contribution is -0.151. The number of nitrogens with zero attached hydrogens (tertiary/aromatic N) is 1. The first kappa shape index (κ1) is 30.0. The van der Waals surface area contributed by atoms with Crippen LogP contribution in [-0.2, 0) is 41.9 Å². The number of piperidine rings is 2. The number of alkyl halides is 1. The number of hydrogen-bond donors (Lipinski definition) is 1. The summed E-state index contributed by atoms with van der Waals surface area (Å²) in [6.07, 6.45) is 5.41. The fourth-order valence-electron chi connectivity index (χ4n) is 3.47. The van der Waals surface area contributed by atoms with Crippen molar-refractivity contribution in [1.29, 1.82) is 0 Å². The maximum absolute atomic E-state index is 11.6. The number of esters is 2. The van der Waals surface area contributed by atoms with Gasteiger partial charge in [0.2, 0.25) is 11.8 Å². The summed E-state index contributed by atoms with van der Waals surface area (Å²) in [5.41, 5.74) is 1.96. The Labute approximate surface area is 226 Å². The summed E-state index contributed by atoms with van der Waals surface area (Å²) in [6, 6.07) is 19.1. The second-order valence-electron chi connectivity index (χ2n) is 8.51. The van der Waals surface area contributed by atoms with Gasteiger partial charge in [-0.2, -0.15) is 0 Å². The highest BCUT2D eigenvalue weighted by molar-refractivity contribution is 9.09. The van der Waals surface area contributed by atoms with Gasteiger partial charge in [-0.3, -0.25) is 19.2 Å². The minimum absolute atomic E-state index is 0.0536. The number of hydrogen-bond acceptors (Lipinski definition) is 6. The summed E-state index contributed by atoms with van der Waals surface area (Å²) in [6.45, 7) is 2.25. The normalized spacial score (nSPS) is 14.7. The highest BCUT2D eigenvalue weighted by Gasteiger charge is 2.20. The number of carbonyl (C=O) groups excluding carboxylic acids is 4. The SMILES string of the molecule is O=C(CBr)OCc1ccccc1.O=C(CN1CCCCC1=O)OCc1ccccc1.O=C1CCCCN1. The molecule has 4 rings (SSSR count). The Morgan fingerprint density at radius 3 is 1.81 bits per heavy atom. The Balaban J connectivity index is 0.000000217. The molecular weight excluding hydrogens is 540 g/mol. The van der Waals surface area contributed by atoms with Gasteiger partial charge in [-0.15, -0.1) is 0 Å². The molecule has 0 spiro atoms. The van der Waals surface area contributed by atoms with Crippen LogP contribution in [0, 0.1) is 0 Å².